The average molecular weight is 153 g/mol. The maximum absolute atomic E-state index is 8.41. The van der Waals surface area contributed by atoms with Gasteiger partial charge in [-0.2, -0.15) is 0 Å². The third-order valence-electron chi connectivity index (χ3n) is 0.600. The van der Waals surface area contributed by atoms with Crippen LogP contribution in [0.5, 0.6) is 18.0 Å². The van der Waals surface area contributed by atoms with Gasteiger partial charge in [0.05, 0.1) is 0 Å². The molecule has 10 heavy (non-hydrogen) atoms. The zero-order valence-electron chi connectivity index (χ0n) is 4.18. The molecule has 1 aromatic heterocycles. The molecular formula is C3H4N3NaO3. The van der Waals surface area contributed by atoms with Crippen molar-refractivity contribution in [2.75, 3.05) is 0 Å². The van der Waals surface area contributed by atoms with Crippen LogP contribution < -0.4 is 0 Å². The second kappa shape index (κ2) is 3.55. The molecule has 0 saturated heterocycles. The molecule has 0 saturated carbocycles. The number of nitrogens with zero attached hydrogens (tertiary/aromatic N) is 3. The molecule has 0 unspecified atom stereocenters. The fourth-order valence-electron chi connectivity index (χ4n) is 0.343. The third kappa shape index (κ3) is 2.34. The zero-order valence-corrected chi connectivity index (χ0v) is 4.18. The average Bonchev–Trinajstić information content (AvgIpc) is 1.59. The minimum absolute atomic E-state index is 0. The second-order valence-electron chi connectivity index (χ2n) is 1.24. The summed E-state index contributed by atoms with van der Waals surface area (Å²) >= 11 is 0. The first-order chi connectivity index (χ1) is 4.18. The van der Waals surface area contributed by atoms with Crippen molar-refractivity contribution in [3.63, 3.8) is 0 Å². The van der Waals surface area contributed by atoms with E-state index in [1.54, 1.807) is 0 Å². The van der Waals surface area contributed by atoms with Crippen molar-refractivity contribution in [3.8, 4) is 18.0 Å². The van der Waals surface area contributed by atoms with Crippen molar-refractivity contribution < 1.29 is 15.3 Å². The van der Waals surface area contributed by atoms with Crippen LogP contribution in [0, 0.1) is 0 Å². The summed E-state index contributed by atoms with van der Waals surface area (Å²) in [6, 6.07) is -2.12. The first-order valence-electron chi connectivity index (χ1n) is 2.01. The first-order valence-corrected chi connectivity index (χ1v) is 2.01. The molecular weight excluding hydrogens is 149 g/mol. The molecule has 50 valence electrons. The van der Waals surface area contributed by atoms with Gasteiger partial charge in [0.2, 0.25) is 0 Å². The van der Waals surface area contributed by atoms with Crippen molar-refractivity contribution in [3.05, 3.63) is 0 Å². The van der Waals surface area contributed by atoms with Gasteiger partial charge < -0.3 is 15.3 Å². The van der Waals surface area contributed by atoms with Gasteiger partial charge >= 0.3 is 47.6 Å². The molecule has 3 N–H and O–H groups in total. The summed E-state index contributed by atoms with van der Waals surface area (Å²) in [6.45, 7) is 0. The molecule has 7 heteroatoms. The summed E-state index contributed by atoms with van der Waals surface area (Å²) in [6.07, 6.45) is 0. The Morgan fingerprint density at radius 1 is 0.700 bits per heavy atom. The van der Waals surface area contributed by atoms with E-state index in [0.717, 1.165) is 0 Å². The SMILES string of the molecule is Oc1nc(O)nc(O)n1.[NaH]. The standard InChI is InChI=1S/C3H3N3O3.Na.H/c7-1-4-2(8)6-3(9)5-1;;/h(H3,4,5,6,7,8,9);;. The van der Waals surface area contributed by atoms with E-state index in [4.69, 9.17) is 15.3 Å². The molecule has 0 fully saturated rings. The fourth-order valence-corrected chi connectivity index (χ4v) is 0.343. The van der Waals surface area contributed by atoms with E-state index in [0.29, 0.717) is 0 Å². The van der Waals surface area contributed by atoms with E-state index in [2.05, 4.69) is 15.0 Å². The van der Waals surface area contributed by atoms with Crippen molar-refractivity contribution in [2.45, 2.75) is 0 Å². The minimum atomic E-state index is -0.708. The van der Waals surface area contributed by atoms with Gasteiger partial charge in [-0.05, 0) is 0 Å². The van der Waals surface area contributed by atoms with Crippen molar-refractivity contribution in [1.29, 1.82) is 0 Å². The van der Waals surface area contributed by atoms with Crippen LogP contribution in [0.3, 0.4) is 0 Å². The normalized spacial score (nSPS) is 8.40. The van der Waals surface area contributed by atoms with Crippen molar-refractivity contribution in [2.24, 2.45) is 0 Å². The van der Waals surface area contributed by atoms with E-state index in [-0.39, 0.29) is 29.6 Å². The van der Waals surface area contributed by atoms with Crippen LogP contribution in [0.15, 0.2) is 0 Å². The number of hydrogen-bond acceptors (Lipinski definition) is 6. The van der Waals surface area contributed by atoms with E-state index in [9.17, 15) is 0 Å². The predicted octanol–water partition coefficient (Wildman–Crippen LogP) is -1.66. The van der Waals surface area contributed by atoms with Gasteiger partial charge in [0.25, 0.3) is 0 Å². The van der Waals surface area contributed by atoms with Crippen LogP contribution >= 0.6 is 0 Å². The molecule has 0 aliphatic heterocycles. The Labute approximate surface area is 77.9 Å². The summed E-state index contributed by atoms with van der Waals surface area (Å²) in [5, 5.41) is 25.2. The van der Waals surface area contributed by atoms with Crippen LogP contribution in [0.2, 0.25) is 0 Å². The summed E-state index contributed by atoms with van der Waals surface area (Å²) < 4.78 is 0. The van der Waals surface area contributed by atoms with Gasteiger partial charge in [-0.3, -0.25) is 0 Å². The molecule has 0 amide bonds. The molecule has 0 atom stereocenters. The summed E-state index contributed by atoms with van der Waals surface area (Å²) in [5.41, 5.74) is 0. The van der Waals surface area contributed by atoms with Crippen molar-refractivity contribution in [1.82, 2.24) is 15.0 Å². The summed E-state index contributed by atoms with van der Waals surface area (Å²) in [7, 11) is 0. The van der Waals surface area contributed by atoms with E-state index < -0.39 is 18.0 Å². The number of aromatic hydroxyl groups is 3. The van der Waals surface area contributed by atoms with Crippen LogP contribution in [0.4, 0.5) is 0 Å². The van der Waals surface area contributed by atoms with Crippen molar-refractivity contribution >= 4 is 29.6 Å². The topological polar surface area (TPSA) is 99.4 Å². The molecule has 0 spiro atoms. The van der Waals surface area contributed by atoms with Gasteiger partial charge in [0.15, 0.2) is 0 Å². The Morgan fingerprint density at radius 2 is 0.900 bits per heavy atom. The van der Waals surface area contributed by atoms with Crippen LogP contribution in [-0.2, 0) is 0 Å². The molecule has 0 bridgehead atoms. The monoisotopic (exact) mass is 153 g/mol. The first kappa shape index (κ1) is 9.41. The van der Waals surface area contributed by atoms with Gasteiger partial charge in [0, 0.05) is 0 Å². The van der Waals surface area contributed by atoms with E-state index in [1.165, 1.54) is 0 Å². The molecule has 1 aromatic rings. The Kier molecular flexibility index (Phi) is 3.34. The Bertz CT molecular complexity index is 180. The molecule has 6 nitrogen and oxygen atoms in total. The molecule has 0 aromatic carbocycles. The Balaban J connectivity index is 0.000000810. The number of hydrogen-bond donors (Lipinski definition) is 3. The third-order valence-corrected chi connectivity index (χ3v) is 0.600. The summed E-state index contributed by atoms with van der Waals surface area (Å²) in [5.74, 6) is 0. The second-order valence-corrected chi connectivity index (χ2v) is 1.24. The van der Waals surface area contributed by atoms with Crippen LogP contribution in [0.25, 0.3) is 0 Å². The zero-order chi connectivity index (χ0) is 6.85. The van der Waals surface area contributed by atoms with E-state index >= 15 is 0 Å². The summed E-state index contributed by atoms with van der Waals surface area (Å²) in [4.78, 5) is 8.89. The van der Waals surface area contributed by atoms with Gasteiger partial charge in [-0.25, -0.2) is 0 Å². The quantitative estimate of drug-likeness (QED) is 0.386. The van der Waals surface area contributed by atoms with Gasteiger partial charge in [0.1, 0.15) is 0 Å². The molecule has 1 rings (SSSR count). The van der Waals surface area contributed by atoms with Crippen LogP contribution in [0.1, 0.15) is 0 Å². The Morgan fingerprint density at radius 3 is 1.10 bits per heavy atom. The Hall–Kier alpha value is -0.590. The molecule has 0 radical (unpaired) electrons. The fraction of sp³-hybridized carbons (Fsp3) is 0. The molecule has 0 aliphatic rings. The number of rotatable bonds is 0. The van der Waals surface area contributed by atoms with Gasteiger partial charge in [-0.1, -0.05) is 0 Å². The molecule has 1 heterocycles. The van der Waals surface area contributed by atoms with E-state index in [1.807, 2.05) is 0 Å². The van der Waals surface area contributed by atoms with Crippen LogP contribution in [-0.4, -0.2) is 59.8 Å². The predicted molar refractivity (Wildman–Crippen MR) is 32.0 cm³/mol. The maximum atomic E-state index is 8.41. The number of aromatic nitrogens is 3. The molecule has 0 aliphatic carbocycles. The van der Waals surface area contributed by atoms with Gasteiger partial charge in [-0.15, -0.1) is 15.0 Å².